The predicted molar refractivity (Wildman–Crippen MR) is 141 cm³/mol. The summed E-state index contributed by atoms with van der Waals surface area (Å²) in [4.78, 5) is 11.7. The number of benzene rings is 2. The number of hydrogen-bond donors (Lipinski definition) is 3. The van der Waals surface area contributed by atoms with Crippen LogP contribution in [0.3, 0.4) is 0 Å². The van der Waals surface area contributed by atoms with Gasteiger partial charge in [0, 0.05) is 43.4 Å². The first-order chi connectivity index (χ1) is 15.7. The van der Waals surface area contributed by atoms with Crippen LogP contribution in [-0.2, 0) is 19.6 Å². The maximum absolute atomic E-state index is 13.5. The van der Waals surface area contributed by atoms with E-state index in [-0.39, 0.29) is 29.8 Å². The minimum Gasteiger partial charge on any atom is -0.487 e. The van der Waals surface area contributed by atoms with Crippen molar-refractivity contribution in [3.8, 4) is 5.75 Å². The number of aliphatic imine (C=N–C) groups is 1. The topological polar surface area (TPSA) is 74.3 Å². The van der Waals surface area contributed by atoms with Crippen molar-refractivity contribution in [2.75, 3.05) is 13.6 Å². The molecule has 0 saturated carbocycles. The molecule has 0 saturated heterocycles. The van der Waals surface area contributed by atoms with Crippen LogP contribution in [0.4, 0.5) is 4.39 Å². The SMILES string of the molecule is CN=C(NCCc1c[nH]c2ccc(F)cc12)NCc1ccc(OCc2ccccn2)cc1.I. The third-order valence-electron chi connectivity index (χ3n) is 5.14. The maximum atomic E-state index is 13.5. The van der Waals surface area contributed by atoms with E-state index in [1.54, 1.807) is 25.4 Å². The van der Waals surface area contributed by atoms with Crippen LogP contribution in [0, 0.1) is 5.82 Å². The largest absolute Gasteiger partial charge is 0.487 e. The molecule has 8 heteroatoms. The second-order valence-corrected chi connectivity index (χ2v) is 7.36. The van der Waals surface area contributed by atoms with Gasteiger partial charge in [0.05, 0.1) is 5.69 Å². The average molecular weight is 559 g/mol. The number of aromatic amines is 1. The fraction of sp³-hybridized carbons (Fsp3) is 0.200. The fourth-order valence-corrected chi connectivity index (χ4v) is 3.42. The van der Waals surface area contributed by atoms with Gasteiger partial charge >= 0.3 is 0 Å². The summed E-state index contributed by atoms with van der Waals surface area (Å²) in [6.45, 7) is 1.76. The van der Waals surface area contributed by atoms with Crippen molar-refractivity contribution in [3.05, 3.63) is 95.7 Å². The Balaban J connectivity index is 0.00000306. The van der Waals surface area contributed by atoms with Gasteiger partial charge in [0.2, 0.25) is 0 Å². The second kappa shape index (κ2) is 12.2. The van der Waals surface area contributed by atoms with Crippen LogP contribution in [-0.4, -0.2) is 29.5 Å². The Kier molecular flexibility index (Phi) is 9.05. The van der Waals surface area contributed by atoms with E-state index in [9.17, 15) is 4.39 Å². The maximum Gasteiger partial charge on any atom is 0.191 e. The lowest BCUT2D eigenvalue weighted by Gasteiger charge is -2.12. The minimum atomic E-state index is -0.225. The lowest BCUT2D eigenvalue weighted by molar-refractivity contribution is 0.301. The van der Waals surface area contributed by atoms with Gasteiger partial charge in [-0.25, -0.2) is 4.39 Å². The number of rotatable bonds is 8. The molecule has 2 aromatic carbocycles. The number of ether oxygens (including phenoxy) is 1. The normalized spacial score (nSPS) is 11.2. The molecule has 172 valence electrons. The first kappa shape index (κ1) is 24.5. The van der Waals surface area contributed by atoms with Crippen molar-refractivity contribution in [3.63, 3.8) is 0 Å². The Labute approximate surface area is 209 Å². The van der Waals surface area contributed by atoms with E-state index in [0.29, 0.717) is 25.7 Å². The van der Waals surface area contributed by atoms with Crippen molar-refractivity contribution in [2.24, 2.45) is 4.99 Å². The number of fused-ring (bicyclic) bond motifs is 1. The predicted octanol–water partition coefficient (Wildman–Crippen LogP) is 4.81. The van der Waals surface area contributed by atoms with Gasteiger partial charge in [-0.15, -0.1) is 24.0 Å². The molecule has 0 bridgehead atoms. The minimum absolute atomic E-state index is 0. The van der Waals surface area contributed by atoms with Crippen LogP contribution in [0.25, 0.3) is 10.9 Å². The monoisotopic (exact) mass is 559 g/mol. The number of nitrogens with zero attached hydrogens (tertiary/aromatic N) is 2. The average Bonchev–Trinajstić information content (AvgIpc) is 3.23. The van der Waals surface area contributed by atoms with Crippen molar-refractivity contribution >= 4 is 40.8 Å². The molecule has 6 nitrogen and oxygen atoms in total. The highest BCUT2D eigenvalue weighted by Gasteiger charge is 2.06. The highest BCUT2D eigenvalue weighted by atomic mass is 127. The Morgan fingerprint density at radius 2 is 1.94 bits per heavy atom. The van der Waals surface area contributed by atoms with E-state index in [1.807, 2.05) is 48.7 Å². The summed E-state index contributed by atoms with van der Waals surface area (Å²) in [6.07, 6.45) is 4.45. The molecule has 2 aromatic heterocycles. The molecule has 4 rings (SSSR count). The summed E-state index contributed by atoms with van der Waals surface area (Å²) in [5.41, 5.74) is 4.02. The summed E-state index contributed by atoms with van der Waals surface area (Å²) in [5.74, 6) is 1.29. The lowest BCUT2D eigenvalue weighted by Crippen LogP contribution is -2.37. The third-order valence-corrected chi connectivity index (χ3v) is 5.14. The molecule has 0 unspecified atom stereocenters. The van der Waals surface area contributed by atoms with Gasteiger partial charge in [0.1, 0.15) is 18.2 Å². The molecular formula is C25H27FIN5O. The Morgan fingerprint density at radius 3 is 2.70 bits per heavy atom. The molecule has 0 aliphatic rings. The molecule has 0 atom stereocenters. The molecule has 0 spiro atoms. The van der Waals surface area contributed by atoms with Gasteiger partial charge in [0.25, 0.3) is 0 Å². The molecule has 3 N–H and O–H groups in total. The first-order valence-corrected chi connectivity index (χ1v) is 10.5. The van der Waals surface area contributed by atoms with E-state index in [4.69, 9.17) is 4.74 Å². The van der Waals surface area contributed by atoms with Gasteiger partial charge < -0.3 is 20.4 Å². The molecular weight excluding hydrogens is 532 g/mol. The molecule has 0 amide bonds. The molecule has 0 fully saturated rings. The zero-order chi connectivity index (χ0) is 22.2. The molecule has 33 heavy (non-hydrogen) atoms. The summed E-state index contributed by atoms with van der Waals surface area (Å²) >= 11 is 0. The zero-order valence-electron chi connectivity index (χ0n) is 18.3. The number of guanidine groups is 1. The van der Waals surface area contributed by atoms with Crippen LogP contribution in [0.1, 0.15) is 16.8 Å². The van der Waals surface area contributed by atoms with Crippen molar-refractivity contribution in [2.45, 2.75) is 19.6 Å². The van der Waals surface area contributed by atoms with Crippen LogP contribution in [0.2, 0.25) is 0 Å². The quantitative estimate of drug-likeness (QED) is 0.165. The van der Waals surface area contributed by atoms with Gasteiger partial charge in [0.15, 0.2) is 5.96 Å². The highest BCUT2D eigenvalue weighted by Crippen LogP contribution is 2.19. The van der Waals surface area contributed by atoms with Gasteiger partial charge in [-0.3, -0.25) is 9.98 Å². The van der Waals surface area contributed by atoms with Crippen LogP contribution in [0.15, 0.2) is 78.0 Å². The molecule has 0 radical (unpaired) electrons. The fourth-order valence-electron chi connectivity index (χ4n) is 3.42. The standard InChI is InChI=1S/C25H26FN5O.HI/c1-27-25(29-13-11-19-16-30-24-10-7-20(26)14-23(19)24)31-15-18-5-8-22(9-6-18)32-17-21-4-2-3-12-28-21;/h2-10,12,14,16,30H,11,13,15,17H2,1H3,(H2,27,29,31);1H. The van der Waals surface area contributed by atoms with E-state index in [0.717, 1.165) is 39.9 Å². The number of halogens is 2. The second-order valence-electron chi connectivity index (χ2n) is 7.36. The number of hydrogen-bond acceptors (Lipinski definition) is 3. The Morgan fingerprint density at radius 1 is 1.09 bits per heavy atom. The molecule has 4 aromatic rings. The van der Waals surface area contributed by atoms with Crippen molar-refractivity contribution < 1.29 is 9.13 Å². The van der Waals surface area contributed by atoms with E-state index in [2.05, 4.69) is 25.6 Å². The van der Waals surface area contributed by atoms with Gasteiger partial charge in [-0.05, 0) is 60.0 Å². The molecule has 2 heterocycles. The van der Waals surface area contributed by atoms with E-state index < -0.39 is 0 Å². The summed E-state index contributed by atoms with van der Waals surface area (Å²) in [5, 5.41) is 7.53. The number of H-pyrrole nitrogens is 1. The summed E-state index contributed by atoms with van der Waals surface area (Å²) in [6, 6.07) is 18.5. The van der Waals surface area contributed by atoms with E-state index in [1.165, 1.54) is 6.07 Å². The van der Waals surface area contributed by atoms with Crippen molar-refractivity contribution in [1.29, 1.82) is 0 Å². The molecule has 0 aliphatic heterocycles. The summed E-state index contributed by atoms with van der Waals surface area (Å²) in [7, 11) is 1.74. The van der Waals surface area contributed by atoms with Gasteiger partial charge in [-0.1, -0.05) is 18.2 Å². The van der Waals surface area contributed by atoms with Crippen molar-refractivity contribution in [1.82, 2.24) is 20.6 Å². The molecule has 0 aliphatic carbocycles. The summed E-state index contributed by atoms with van der Waals surface area (Å²) < 4.78 is 19.3. The van der Waals surface area contributed by atoms with Gasteiger partial charge in [-0.2, -0.15) is 0 Å². The van der Waals surface area contributed by atoms with Crippen LogP contribution in [0.5, 0.6) is 5.75 Å². The van der Waals surface area contributed by atoms with Crippen LogP contribution >= 0.6 is 24.0 Å². The Hall–Kier alpha value is -3.14. The smallest absolute Gasteiger partial charge is 0.191 e. The Bertz CT molecular complexity index is 1180. The number of nitrogens with one attached hydrogen (secondary N) is 3. The zero-order valence-corrected chi connectivity index (χ0v) is 20.7. The van der Waals surface area contributed by atoms with Crippen LogP contribution < -0.4 is 15.4 Å². The first-order valence-electron chi connectivity index (χ1n) is 10.5. The number of aromatic nitrogens is 2. The lowest BCUT2D eigenvalue weighted by atomic mass is 10.1. The number of pyridine rings is 1. The third kappa shape index (κ3) is 6.92. The highest BCUT2D eigenvalue weighted by molar-refractivity contribution is 14.0. The van der Waals surface area contributed by atoms with E-state index >= 15 is 0 Å².